The van der Waals surface area contributed by atoms with Gasteiger partial charge in [0.05, 0.1) is 17.9 Å². The molecule has 7 heteroatoms. The molecule has 2 fully saturated rings. The molecule has 0 aromatic carbocycles. The summed E-state index contributed by atoms with van der Waals surface area (Å²) in [7, 11) is 0. The smallest absolute Gasteiger partial charge is 0.255 e. The molecule has 0 aliphatic carbocycles. The monoisotopic (exact) mass is 334 g/mol. The molecular formula is C17H22N2O5. The zero-order chi connectivity index (χ0) is 17.3. The molecule has 0 bridgehead atoms. The maximum absolute atomic E-state index is 13.0. The van der Waals surface area contributed by atoms with Crippen LogP contribution in [0.1, 0.15) is 37.0 Å². The van der Waals surface area contributed by atoms with Crippen LogP contribution in [-0.2, 0) is 14.3 Å². The molecule has 3 unspecified atom stereocenters. The SMILES string of the molecule is CC(C)CC(NC(=O)c1ccoc1)C(=O)N1CCC2OCC(=O)C21. The Balaban J connectivity index is 1.74. The largest absolute Gasteiger partial charge is 0.472 e. The quantitative estimate of drug-likeness (QED) is 0.867. The lowest BCUT2D eigenvalue weighted by Gasteiger charge is -2.28. The molecule has 0 saturated carbocycles. The lowest BCUT2D eigenvalue weighted by atomic mass is 10.0. The number of furan rings is 1. The summed E-state index contributed by atoms with van der Waals surface area (Å²) in [4.78, 5) is 38.8. The Hall–Kier alpha value is -2.15. The molecular weight excluding hydrogens is 312 g/mol. The van der Waals surface area contributed by atoms with E-state index in [1.165, 1.54) is 12.5 Å². The van der Waals surface area contributed by atoms with Gasteiger partial charge in [0.25, 0.3) is 5.91 Å². The van der Waals surface area contributed by atoms with Crippen LogP contribution in [0, 0.1) is 5.92 Å². The summed E-state index contributed by atoms with van der Waals surface area (Å²) in [6.45, 7) is 4.52. The van der Waals surface area contributed by atoms with Crippen molar-refractivity contribution < 1.29 is 23.5 Å². The van der Waals surface area contributed by atoms with Crippen LogP contribution in [0.4, 0.5) is 0 Å². The van der Waals surface area contributed by atoms with Gasteiger partial charge in [0.2, 0.25) is 5.91 Å². The Morgan fingerprint density at radius 3 is 2.88 bits per heavy atom. The van der Waals surface area contributed by atoms with Gasteiger partial charge in [-0.15, -0.1) is 0 Å². The molecule has 24 heavy (non-hydrogen) atoms. The van der Waals surface area contributed by atoms with E-state index in [0.29, 0.717) is 24.9 Å². The minimum absolute atomic E-state index is 0.0599. The standard InChI is InChI=1S/C17H22N2O5/c1-10(2)7-12(18-16(21)11-4-6-23-8-11)17(22)19-5-3-14-15(19)13(20)9-24-14/h4,6,8,10,12,14-15H,3,5,7,9H2,1-2H3,(H,18,21). The first-order valence-electron chi connectivity index (χ1n) is 8.25. The van der Waals surface area contributed by atoms with E-state index in [1.54, 1.807) is 11.0 Å². The van der Waals surface area contributed by atoms with Gasteiger partial charge in [-0.2, -0.15) is 0 Å². The van der Waals surface area contributed by atoms with E-state index >= 15 is 0 Å². The molecule has 1 aromatic heterocycles. The van der Waals surface area contributed by atoms with E-state index in [-0.39, 0.29) is 36.2 Å². The molecule has 0 spiro atoms. The third-order valence-corrected chi connectivity index (χ3v) is 4.49. The summed E-state index contributed by atoms with van der Waals surface area (Å²) in [5.74, 6) is -0.410. The highest BCUT2D eigenvalue weighted by Gasteiger charge is 2.48. The maximum Gasteiger partial charge on any atom is 0.255 e. The fourth-order valence-corrected chi connectivity index (χ4v) is 3.37. The van der Waals surface area contributed by atoms with E-state index in [2.05, 4.69) is 5.32 Å². The summed E-state index contributed by atoms with van der Waals surface area (Å²) in [5, 5.41) is 2.78. The van der Waals surface area contributed by atoms with Crippen LogP contribution in [0.5, 0.6) is 0 Å². The number of carbonyl (C=O) groups excluding carboxylic acids is 3. The molecule has 130 valence electrons. The Bertz CT molecular complexity index is 625. The number of likely N-dealkylation sites (tertiary alicyclic amines) is 1. The highest BCUT2D eigenvalue weighted by molar-refractivity contribution is 5.99. The van der Waals surface area contributed by atoms with E-state index in [1.807, 2.05) is 13.8 Å². The third-order valence-electron chi connectivity index (χ3n) is 4.49. The van der Waals surface area contributed by atoms with Crippen molar-refractivity contribution in [1.82, 2.24) is 10.2 Å². The second kappa shape index (κ2) is 6.76. The van der Waals surface area contributed by atoms with Crippen molar-refractivity contribution in [3.63, 3.8) is 0 Å². The molecule has 1 aromatic rings. The summed E-state index contributed by atoms with van der Waals surface area (Å²) >= 11 is 0. The normalized spacial score (nSPS) is 24.3. The number of rotatable bonds is 5. The maximum atomic E-state index is 13.0. The Morgan fingerprint density at radius 2 is 2.21 bits per heavy atom. The van der Waals surface area contributed by atoms with Gasteiger partial charge < -0.3 is 19.4 Å². The van der Waals surface area contributed by atoms with Crippen molar-refractivity contribution in [2.45, 2.75) is 44.9 Å². The summed E-state index contributed by atoms with van der Waals surface area (Å²) in [5.41, 5.74) is 0.371. The molecule has 2 aliphatic heterocycles. The number of nitrogens with one attached hydrogen (secondary N) is 1. The van der Waals surface area contributed by atoms with Gasteiger partial charge in [0.15, 0.2) is 5.78 Å². The molecule has 2 aliphatic rings. The fourth-order valence-electron chi connectivity index (χ4n) is 3.37. The summed E-state index contributed by atoms with van der Waals surface area (Å²) in [6.07, 6.45) is 3.71. The summed E-state index contributed by atoms with van der Waals surface area (Å²) < 4.78 is 10.3. The Kier molecular flexibility index (Phi) is 4.71. The van der Waals surface area contributed by atoms with Gasteiger partial charge in [0, 0.05) is 6.54 Å². The highest BCUT2D eigenvalue weighted by atomic mass is 16.5. The summed E-state index contributed by atoms with van der Waals surface area (Å²) in [6, 6.07) is 0.379. The topological polar surface area (TPSA) is 88.8 Å². The van der Waals surface area contributed by atoms with E-state index in [4.69, 9.17) is 9.15 Å². The van der Waals surface area contributed by atoms with Crippen molar-refractivity contribution in [3.8, 4) is 0 Å². The van der Waals surface area contributed by atoms with Crippen LogP contribution in [-0.4, -0.2) is 53.8 Å². The van der Waals surface area contributed by atoms with Gasteiger partial charge in [-0.3, -0.25) is 14.4 Å². The molecule has 2 saturated heterocycles. The predicted octanol–water partition coefficient (Wildman–Crippen LogP) is 0.993. The van der Waals surface area contributed by atoms with Gasteiger partial charge in [0.1, 0.15) is 25.0 Å². The zero-order valence-corrected chi connectivity index (χ0v) is 13.9. The fraction of sp³-hybridized carbons (Fsp3) is 0.588. The zero-order valence-electron chi connectivity index (χ0n) is 13.9. The first kappa shape index (κ1) is 16.7. The van der Waals surface area contributed by atoms with Crippen molar-refractivity contribution in [1.29, 1.82) is 0 Å². The number of hydrogen-bond acceptors (Lipinski definition) is 5. The van der Waals surface area contributed by atoms with Crippen LogP contribution < -0.4 is 5.32 Å². The Labute approximate surface area is 140 Å². The average molecular weight is 334 g/mol. The number of carbonyl (C=O) groups is 3. The van der Waals surface area contributed by atoms with Gasteiger partial charge in [-0.1, -0.05) is 13.8 Å². The van der Waals surface area contributed by atoms with Gasteiger partial charge in [-0.25, -0.2) is 0 Å². The second-order valence-electron chi connectivity index (χ2n) is 6.75. The lowest BCUT2D eigenvalue weighted by Crippen LogP contribution is -2.52. The molecule has 0 radical (unpaired) electrons. The van der Waals surface area contributed by atoms with Crippen molar-refractivity contribution in [3.05, 3.63) is 24.2 Å². The van der Waals surface area contributed by atoms with Crippen LogP contribution in [0.2, 0.25) is 0 Å². The first-order chi connectivity index (χ1) is 11.5. The van der Waals surface area contributed by atoms with Crippen molar-refractivity contribution in [2.24, 2.45) is 5.92 Å². The van der Waals surface area contributed by atoms with Crippen LogP contribution in [0.25, 0.3) is 0 Å². The van der Waals surface area contributed by atoms with E-state index in [9.17, 15) is 14.4 Å². The third kappa shape index (κ3) is 3.21. The number of hydrogen-bond donors (Lipinski definition) is 1. The minimum Gasteiger partial charge on any atom is -0.472 e. The molecule has 3 atom stereocenters. The number of nitrogens with zero attached hydrogens (tertiary/aromatic N) is 1. The molecule has 7 nitrogen and oxygen atoms in total. The minimum atomic E-state index is -0.667. The first-order valence-corrected chi connectivity index (χ1v) is 8.25. The second-order valence-corrected chi connectivity index (χ2v) is 6.75. The Morgan fingerprint density at radius 1 is 1.42 bits per heavy atom. The van der Waals surface area contributed by atoms with Crippen LogP contribution >= 0.6 is 0 Å². The molecule has 1 N–H and O–H groups in total. The number of ether oxygens (including phenoxy) is 1. The highest BCUT2D eigenvalue weighted by Crippen LogP contribution is 2.28. The van der Waals surface area contributed by atoms with E-state index in [0.717, 1.165) is 0 Å². The number of ketones is 1. The number of Topliss-reactive ketones (excluding diaryl/α,β-unsaturated/α-hetero) is 1. The number of fused-ring (bicyclic) bond motifs is 1. The molecule has 3 rings (SSSR count). The average Bonchev–Trinajstić information content (AvgIpc) is 3.24. The molecule has 3 heterocycles. The van der Waals surface area contributed by atoms with Crippen molar-refractivity contribution in [2.75, 3.05) is 13.2 Å². The lowest BCUT2D eigenvalue weighted by molar-refractivity contribution is -0.138. The van der Waals surface area contributed by atoms with Crippen molar-refractivity contribution >= 4 is 17.6 Å². The van der Waals surface area contributed by atoms with Gasteiger partial charge >= 0.3 is 0 Å². The predicted molar refractivity (Wildman–Crippen MR) is 84.3 cm³/mol. The molecule has 2 amide bonds. The van der Waals surface area contributed by atoms with Crippen LogP contribution in [0.15, 0.2) is 23.0 Å². The van der Waals surface area contributed by atoms with Gasteiger partial charge in [-0.05, 0) is 24.8 Å². The van der Waals surface area contributed by atoms with E-state index < -0.39 is 12.1 Å². The number of amides is 2. The van der Waals surface area contributed by atoms with Crippen LogP contribution in [0.3, 0.4) is 0 Å².